The van der Waals surface area contributed by atoms with E-state index in [1.807, 2.05) is 49.2 Å². The summed E-state index contributed by atoms with van der Waals surface area (Å²) in [5, 5.41) is 11.2. The molecular formula is C21H32N6O2. The predicted octanol–water partition coefficient (Wildman–Crippen LogP) is 2.03. The molecule has 1 aliphatic rings. The summed E-state index contributed by atoms with van der Waals surface area (Å²) in [5.74, 6) is 2.46. The molecule has 158 valence electrons. The number of nitrogens with one attached hydrogen (secondary N) is 2. The van der Waals surface area contributed by atoms with Gasteiger partial charge in [-0.05, 0) is 31.4 Å². The van der Waals surface area contributed by atoms with Crippen molar-refractivity contribution in [1.29, 1.82) is 0 Å². The molecular weight excluding hydrogens is 368 g/mol. The van der Waals surface area contributed by atoms with Gasteiger partial charge in [-0.3, -0.25) is 9.67 Å². The Kier molecular flexibility index (Phi) is 7.61. The van der Waals surface area contributed by atoms with Crippen molar-refractivity contribution in [2.24, 2.45) is 12.0 Å². The molecule has 2 N–H and O–H groups in total. The maximum Gasteiger partial charge on any atom is 0.191 e. The highest BCUT2D eigenvalue weighted by molar-refractivity contribution is 5.80. The SMILES string of the molecule is CN=C(NCCCOc1cccc(OC)c1)NC1CCCN(c2cnn(C)c2)C1. The third kappa shape index (κ3) is 6.30. The molecule has 8 heteroatoms. The first kappa shape index (κ1) is 20.8. The molecule has 2 aromatic rings. The Morgan fingerprint density at radius 1 is 1.34 bits per heavy atom. The second-order valence-electron chi connectivity index (χ2n) is 7.18. The van der Waals surface area contributed by atoms with Crippen LogP contribution in [0.2, 0.25) is 0 Å². The highest BCUT2D eigenvalue weighted by Gasteiger charge is 2.21. The number of methoxy groups -OCH3 is 1. The Balaban J connectivity index is 1.37. The monoisotopic (exact) mass is 400 g/mol. The summed E-state index contributed by atoms with van der Waals surface area (Å²) >= 11 is 0. The minimum absolute atomic E-state index is 0.364. The summed E-state index contributed by atoms with van der Waals surface area (Å²) < 4.78 is 12.8. The number of hydrogen-bond donors (Lipinski definition) is 2. The van der Waals surface area contributed by atoms with Crippen LogP contribution in [-0.4, -0.2) is 62.2 Å². The van der Waals surface area contributed by atoms with E-state index in [9.17, 15) is 0 Å². The predicted molar refractivity (Wildman–Crippen MR) is 116 cm³/mol. The zero-order valence-corrected chi connectivity index (χ0v) is 17.6. The van der Waals surface area contributed by atoms with Gasteiger partial charge < -0.3 is 25.0 Å². The summed E-state index contributed by atoms with van der Waals surface area (Å²) in [4.78, 5) is 6.74. The Labute approximate surface area is 172 Å². The third-order valence-electron chi connectivity index (χ3n) is 4.97. The van der Waals surface area contributed by atoms with E-state index < -0.39 is 0 Å². The lowest BCUT2D eigenvalue weighted by Crippen LogP contribution is -2.51. The number of aromatic nitrogens is 2. The van der Waals surface area contributed by atoms with Crippen molar-refractivity contribution in [2.45, 2.75) is 25.3 Å². The van der Waals surface area contributed by atoms with E-state index in [1.54, 1.807) is 7.11 Å². The van der Waals surface area contributed by atoms with E-state index in [1.165, 1.54) is 5.69 Å². The number of guanidine groups is 1. The number of piperidine rings is 1. The molecule has 8 nitrogen and oxygen atoms in total. The first-order valence-electron chi connectivity index (χ1n) is 10.2. The fraction of sp³-hybridized carbons (Fsp3) is 0.524. The molecule has 1 fully saturated rings. The van der Waals surface area contributed by atoms with Crippen LogP contribution >= 0.6 is 0 Å². The van der Waals surface area contributed by atoms with Crippen molar-refractivity contribution in [1.82, 2.24) is 20.4 Å². The van der Waals surface area contributed by atoms with E-state index >= 15 is 0 Å². The number of rotatable bonds is 8. The van der Waals surface area contributed by atoms with Gasteiger partial charge in [-0.1, -0.05) is 6.07 Å². The van der Waals surface area contributed by atoms with Crippen LogP contribution in [0.5, 0.6) is 11.5 Å². The summed E-state index contributed by atoms with van der Waals surface area (Å²) in [6.45, 7) is 3.45. The smallest absolute Gasteiger partial charge is 0.191 e. The third-order valence-corrected chi connectivity index (χ3v) is 4.97. The second-order valence-corrected chi connectivity index (χ2v) is 7.18. The van der Waals surface area contributed by atoms with Gasteiger partial charge in [-0.2, -0.15) is 5.10 Å². The standard InChI is InChI=1S/C21H32N6O2/c1-22-21(23-10-6-12-29-20-9-4-8-19(13-20)28-3)25-17-7-5-11-27(15-17)18-14-24-26(2)16-18/h4,8-9,13-14,16-17H,5-7,10-12,15H2,1-3H3,(H2,22,23,25). The van der Waals surface area contributed by atoms with Gasteiger partial charge >= 0.3 is 0 Å². The molecule has 1 aromatic carbocycles. The van der Waals surface area contributed by atoms with Crippen molar-refractivity contribution >= 4 is 11.6 Å². The molecule has 29 heavy (non-hydrogen) atoms. The molecule has 1 saturated heterocycles. The van der Waals surface area contributed by atoms with Gasteiger partial charge in [0.15, 0.2) is 5.96 Å². The van der Waals surface area contributed by atoms with Crippen LogP contribution < -0.4 is 25.0 Å². The first-order chi connectivity index (χ1) is 14.2. The largest absolute Gasteiger partial charge is 0.497 e. The number of aryl methyl sites for hydroxylation is 1. The van der Waals surface area contributed by atoms with Crippen molar-refractivity contribution in [3.05, 3.63) is 36.7 Å². The van der Waals surface area contributed by atoms with Crippen molar-refractivity contribution < 1.29 is 9.47 Å². The number of ether oxygens (including phenoxy) is 2. The van der Waals surface area contributed by atoms with Crippen molar-refractivity contribution in [2.75, 3.05) is 45.3 Å². The zero-order chi connectivity index (χ0) is 20.5. The molecule has 3 rings (SSSR count). The van der Waals surface area contributed by atoms with E-state index in [0.717, 1.165) is 56.4 Å². The molecule has 0 bridgehead atoms. The van der Waals surface area contributed by atoms with Crippen LogP contribution in [0.1, 0.15) is 19.3 Å². The number of aliphatic imine (C=N–C) groups is 1. The summed E-state index contributed by atoms with van der Waals surface area (Å²) in [7, 11) is 5.42. The molecule has 0 aliphatic carbocycles. The number of nitrogens with zero attached hydrogens (tertiary/aromatic N) is 4. The van der Waals surface area contributed by atoms with E-state index in [0.29, 0.717) is 12.6 Å². The van der Waals surface area contributed by atoms with Crippen LogP contribution in [0, 0.1) is 0 Å². The van der Waals surface area contributed by atoms with Crippen molar-refractivity contribution in [3.63, 3.8) is 0 Å². The lowest BCUT2D eigenvalue weighted by molar-refractivity contribution is 0.308. The molecule has 0 amide bonds. The topological polar surface area (TPSA) is 75.9 Å². The Bertz CT molecular complexity index is 791. The number of anilines is 1. The molecule has 1 unspecified atom stereocenters. The van der Waals surface area contributed by atoms with Gasteiger partial charge in [0.2, 0.25) is 0 Å². The number of benzene rings is 1. The highest BCUT2D eigenvalue weighted by Crippen LogP contribution is 2.19. The van der Waals surface area contributed by atoms with Crippen LogP contribution in [0.4, 0.5) is 5.69 Å². The molecule has 1 aromatic heterocycles. The normalized spacial score (nSPS) is 17.1. The molecule has 0 radical (unpaired) electrons. The molecule has 1 aliphatic heterocycles. The zero-order valence-electron chi connectivity index (χ0n) is 17.6. The summed E-state index contributed by atoms with van der Waals surface area (Å²) in [6.07, 6.45) is 7.16. The van der Waals surface area contributed by atoms with Crippen LogP contribution in [0.15, 0.2) is 41.7 Å². The second kappa shape index (κ2) is 10.6. The van der Waals surface area contributed by atoms with Crippen LogP contribution in [-0.2, 0) is 7.05 Å². The van der Waals surface area contributed by atoms with E-state index in [-0.39, 0.29) is 0 Å². The molecule has 2 heterocycles. The Morgan fingerprint density at radius 3 is 2.97 bits per heavy atom. The lowest BCUT2D eigenvalue weighted by Gasteiger charge is -2.34. The lowest BCUT2D eigenvalue weighted by atomic mass is 10.1. The van der Waals surface area contributed by atoms with Gasteiger partial charge in [0.1, 0.15) is 11.5 Å². The fourth-order valence-electron chi connectivity index (χ4n) is 3.45. The summed E-state index contributed by atoms with van der Waals surface area (Å²) in [6, 6.07) is 8.03. The molecule has 1 atom stereocenters. The quantitative estimate of drug-likeness (QED) is 0.401. The minimum Gasteiger partial charge on any atom is -0.497 e. The van der Waals surface area contributed by atoms with E-state index in [4.69, 9.17) is 9.47 Å². The average molecular weight is 401 g/mol. The Morgan fingerprint density at radius 2 is 2.21 bits per heavy atom. The Hall–Kier alpha value is -2.90. The molecule has 0 spiro atoms. The van der Waals surface area contributed by atoms with Gasteiger partial charge in [-0.15, -0.1) is 0 Å². The maximum absolute atomic E-state index is 5.78. The van der Waals surface area contributed by atoms with Crippen LogP contribution in [0.25, 0.3) is 0 Å². The fourth-order valence-corrected chi connectivity index (χ4v) is 3.45. The van der Waals surface area contributed by atoms with Gasteiger partial charge in [-0.25, -0.2) is 0 Å². The van der Waals surface area contributed by atoms with Gasteiger partial charge in [0.25, 0.3) is 0 Å². The van der Waals surface area contributed by atoms with Crippen LogP contribution in [0.3, 0.4) is 0 Å². The first-order valence-corrected chi connectivity index (χ1v) is 10.2. The van der Waals surface area contributed by atoms with E-state index in [2.05, 4.69) is 31.8 Å². The highest BCUT2D eigenvalue weighted by atomic mass is 16.5. The number of hydrogen-bond acceptors (Lipinski definition) is 5. The maximum atomic E-state index is 5.78. The van der Waals surface area contributed by atoms with Gasteiger partial charge in [0, 0.05) is 52.0 Å². The van der Waals surface area contributed by atoms with Crippen molar-refractivity contribution in [3.8, 4) is 11.5 Å². The average Bonchev–Trinajstić information content (AvgIpc) is 3.19. The molecule has 0 saturated carbocycles. The van der Waals surface area contributed by atoms with Gasteiger partial charge in [0.05, 0.1) is 25.6 Å². The minimum atomic E-state index is 0.364. The summed E-state index contributed by atoms with van der Waals surface area (Å²) in [5.41, 5.74) is 1.18.